The number of rotatable bonds is 0. The van der Waals surface area contributed by atoms with Gasteiger partial charge < -0.3 is 0 Å². The van der Waals surface area contributed by atoms with Crippen LogP contribution >= 0.6 is 9.30 Å². The van der Waals surface area contributed by atoms with Crippen LogP contribution in [-0.2, 0) is 19.4 Å². The third-order valence-corrected chi connectivity index (χ3v) is 0. The Morgan fingerprint density at radius 1 is 1.50 bits per heavy atom. The molecule has 0 fully saturated rings. The van der Waals surface area contributed by atoms with E-state index in [9.17, 15) is 0 Å². The molecule has 0 saturated carbocycles. The van der Waals surface area contributed by atoms with Crippen LogP contribution in [0, 0.1) is 0 Å². The van der Waals surface area contributed by atoms with Crippen LogP contribution in [0.25, 0.3) is 0 Å². The van der Waals surface area contributed by atoms with Crippen LogP contribution < -0.4 is 0 Å². The summed E-state index contributed by atoms with van der Waals surface area (Å²) < 4.78 is 0. The average Bonchev–Trinajstić information content (AvgIpc) is 1.00. The summed E-state index contributed by atoms with van der Waals surface area (Å²) in [6.45, 7) is 0. The maximum atomic E-state index is 4.64. The van der Waals surface area contributed by atoms with Gasteiger partial charge in [0.15, 0.2) is 0 Å². The van der Waals surface area contributed by atoms with E-state index in [-0.39, 0.29) is 57.5 Å². The summed E-state index contributed by atoms with van der Waals surface area (Å²) in [4.78, 5) is 0. The standard InChI is InChI=1S/ClH.FH.K.Ti.H/h2*1H;;;/q;;;+1;. The molecule has 0 radical (unpaired) electrons. The average molecular weight is 144 g/mol. The van der Waals surface area contributed by atoms with E-state index < -0.39 is 0 Å². The van der Waals surface area contributed by atoms with Crippen LogP contribution in [0.3, 0.4) is 0 Å². The third kappa shape index (κ3) is 8.82. The van der Waals surface area contributed by atoms with Crippen LogP contribution in [0.2, 0.25) is 0 Å². The molecule has 0 aliphatic heterocycles. The second-order valence-electron chi connectivity index (χ2n) is 0. The van der Waals surface area contributed by atoms with Gasteiger partial charge in [-0.15, -0.1) is 0 Å². The summed E-state index contributed by atoms with van der Waals surface area (Å²) in [5.41, 5.74) is 0. The second kappa shape index (κ2) is 17.6. The van der Waals surface area contributed by atoms with E-state index in [2.05, 4.69) is 9.30 Å². The molecular formula is H3ClFKTi+. The van der Waals surface area contributed by atoms with Crippen molar-refractivity contribution >= 4 is 60.7 Å². The molecule has 4 heteroatoms. The Bertz CT molecular complexity index is 11.6. The fraction of sp³-hybridized carbons (Fsp3) is 0. The van der Waals surface area contributed by atoms with E-state index in [0.29, 0.717) is 0 Å². The van der Waals surface area contributed by atoms with Crippen molar-refractivity contribution in [2.24, 2.45) is 0 Å². The monoisotopic (exact) mass is 144 g/mol. The first-order chi connectivity index (χ1) is 1.00. The molecule has 0 saturated heterocycles. The van der Waals surface area contributed by atoms with Gasteiger partial charge in [0.25, 0.3) is 0 Å². The Labute approximate surface area is 84.2 Å². The zero-order chi connectivity index (χ0) is 2.00. The van der Waals surface area contributed by atoms with E-state index in [4.69, 9.17) is 0 Å². The van der Waals surface area contributed by atoms with Crippen LogP contribution in [-0.4, -0.2) is 51.4 Å². The van der Waals surface area contributed by atoms with Gasteiger partial charge in [-0.2, -0.15) is 0 Å². The molecule has 0 bridgehead atoms. The molecule has 21 valence electrons. The SMILES string of the molecule is F.[Cl][Ti].[H+].[KH]. The van der Waals surface area contributed by atoms with E-state index >= 15 is 0 Å². The summed E-state index contributed by atoms with van der Waals surface area (Å²) in [6.07, 6.45) is 0. The number of hydrogen-bond acceptors (Lipinski definition) is 0. The molecule has 0 amide bonds. The molecule has 0 aliphatic rings. The maximum absolute atomic E-state index is 4.64. The number of hydrogen-bond donors (Lipinski definition) is 0. The molecule has 0 aliphatic carbocycles. The van der Waals surface area contributed by atoms with Gasteiger partial charge in [-0.3, -0.25) is 4.70 Å². The van der Waals surface area contributed by atoms with Gasteiger partial charge in [0.1, 0.15) is 0 Å². The Morgan fingerprint density at radius 3 is 1.50 bits per heavy atom. The van der Waals surface area contributed by atoms with Crippen LogP contribution in [0.1, 0.15) is 1.43 Å². The molecular weight excluding hydrogens is 141 g/mol. The number of halogens is 2. The van der Waals surface area contributed by atoms with Crippen molar-refractivity contribution < 1.29 is 25.5 Å². The topological polar surface area (TPSA) is 0 Å². The third-order valence-electron chi connectivity index (χ3n) is 0. The molecule has 0 unspecified atom stereocenters. The summed E-state index contributed by atoms with van der Waals surface area (Å²) in [5.74, 6) is 0. The zero-order valence-corrected chi connectivity index (χ0v) is 3.60. The molecule has 0 aromatic heterocycles. The van der Waals surface area contributed by atoms with E-state index in [1.807, 2.05) is 0 Å². The molecule has 0 spiro atoms. The molecule has 0 aromatic carbocycles. The minimum atomic E-state index is 0. The molecule has 0 nitrogen and oxygen atoms in total. The van der Waals surface area contributed by atoms with Gasteiger partial charge in [-0.05, 0) is 0 Å². The van der Waals surface area contributed by atoms with Gasteiger partial charge in [0.05, 0.1) is 0 Å². The summed E-state index contributed by atoms with van der Waals surface area (Å²) in [7, 11) is 4.64. The minimum absolute atomic E-state index is 0. The Morgan fingerprint density at radius 2 is 1.50 bits per heavy atom. The van der Waals surface area contributed by atoms with Crippen molar-refractivity contribution in [2.45, 2.75) is 0 Å². The summed E-state index contributed by atoms with van der Waals surface area (Å²) >= 11 is 1.47. The molecule has 0 aromatic rings. The van der Waals surface area contributed by atoms with Crippen LogP contribution in [0.4, 0.5) is 4.70 Å². The van der Waals surface area contributed by atoms with E-state index in [1.54, 1.807) is 0 Å². The van der Waals surface area contributed by atoms with Gasteiger partial charge in [0.2, 0.25) is 0 Å². The fourth-order valence-electron chi connectivity index (χ4n) is 0. The van der Waals surface area contributed by atoms with E-state index in [0.717, 1.165) is 0 Å². The predicted molar refractivity (Wildman–Crippen MR) is 16.6 cm³/mol. The van der Waals surface area contributed by atoms with Crippen LogP contribution in [0.5, 0.6) is 0 Å². The zero-order valence-electron chi connectivity index (χ0n) is 2.29. The predicted octanol–water partition coefficient (Wildman–Crippen LogP) is 0.304. The van der Waals surface area contributed by atoms with E-state index in [1.165, 1.54) is 19.4 Å². The van der Waals surface area contributed by atoms with Crippen molar-refractivity contribution in [3.8, 4) is 0 Å². The van der Waals surface area contributed by atoms with Crippen molar-refractivity contribution in [2.75, 3.05) is 0 Å². The molecule has 0 rings (SSSR count). The molecule has 4 heavy (non-hydrogen) atoms. The van der Waals surface area contributed by atoms with Crippen LogP contribution in [0.15, 0.2) is 0 Å². The van der Waals surface area contributed by atoms with Gasteiger partial charge >= 0.3 is 81.5 Å². The van der Waals surface area contributed by atoms with Crippen molar-refractivity contribution in [1.82, 2.24) is 0 Å². The molecule has 0 atom stereocenters. The van der Waals surface area contributed by atoms with Gasteiger partial charge in [-0.25, -0.2) is 0 Å². The van der Waals surface area contributed by atoms with Gasteiger partial charge in [0, 0.05) is 0 Å². The first-order valence-electron chi connectivity index (χ1n) is 0.189. The Hall–Kier alpha value is 2.57. The Balaban J connectivity index is -0.00000000167. The Kier molecular flexibility index (Phi) is 70.4. The first kappa shape index (κ1) is 16.0. The summed E-state index contributed by atoms with van der Waals surface area (Å²) in [5, 5.41) is 0. The normalized spacial score (nSPS) is 1.00. The van der Waals surface area contributed by atoms with Crippen molar-refractivity contribution in [3.63, 3.8) is 0 Å². The fourth-order valence-corrected chi connectivity index (χ4v) is 0. The molecule has 0 heterocycles. The van der Waals surface area contributed by atoms with Crippen molar-refractivity contribution in [3.05, 3.63) is 0 Å². The summed E-state index contributed by atoms with van der Waals surface area (Å²) in [6, 6.07) is 0. The second-order valence-corrected chi connectivity index (χ2v) is 0. The first-order valence-corrected chi connectivity index (χ1v) is 2.34. The van der Waals surface area contributed by atoms with Crippen molar-refractivity contribution in [1.29, 1.82) is 0 Å². The molecule has 0 N–H and O–H groups in total. The quantitative estimate of drug-likeness (QED) is 0.429. The van der Waals surface area contributed by atoms with Gasteiger partial charge in [-0.1, -0.05) is 0 Å².